The van der Waals surface area contributed by atoms with Crippen molar-refractivity contribution < 1.29 is 18.7 Å². The molecule has 3 aromatic rings. The number of hydrogen-bond donors (Lipinski definition) is 2. The number of carbonyl (C=O) groups excluding carboxylic acids is 1. The molecule has 2 heterocycles. The smallest absolute Gasteiger partial charge is 0.248 e. The minimum absolute atomic E-state index is 0.00478. The Labute approximate surface area is 208 Å². The van der Waals surface area contributed by atoms with Gasteiger partial charge in [-0.25, -0.2) is 14.4 Å². The van der Waals surface area contributed by atoms with E-state index in [1.54, 1.807) is 31.4 Å². The number of anilines is 3. The van der Waals surface area contributed by atoms with E-state index in [1.165, 1.54) is 18.5 Å². The number of benzene rings is 2. The predicted octanol–water partition coefficient (Wildman–Crippen LogP) is 4.78. The maximum Gasteiger partial charge on any atom is 0.248 e. The van der Waals surface area contributed by atoms with Crippen LogP contribution in [0.5, 0.6) is 5.75 Å². The maximum absolute atomic E-state index is 13.6. The summed E-state index contributed by atoms with van der Waals surface area (Å²) in [4.78, 5) is 23.6. The maximum atomic E-state index is 13.6. The van der Waals surface area contributed by atoms with Gasteiger partial charge in [-0.2, -0.15) is 0 Å². The summed E-state index contributed by atoms with van der Waals surface area (Å²) in [5.74, 6) is 0.158. The van der Waals surface area contributed by atoms with Crippen LogP contribution >= 0.6 is 11.6 Å². The molecule has 1 fully saturated rings. The van der Waals surface area contributed by atoms with Crippen LogP contribution in [0.4, 0.5) is 21.6 Å². The molecule has 2 aromatic carbocycles. The first kappa shape index (κ1) is 24.8. The SMILES string of the molecule is COCCOc1cc2ncnc(Nc3ccc(F)c(Cl)c3)c2cc1NC(=O)C=C[C@H]1CCCN1C. The number of likely N-dealkylation sites (N-methyl/N-ethyl adjacent to an activating group) is 1. The zero-order chi connectivity index (χ0) is 24.8. The van der Waals surface area contributed by atoms with E-state index in [9.17, 15) is 9.18 Å². The van der Waals surface area contributed by atoms with E-state index >= 15 is 0 Å². The Morgan fingerprint density at radius 2 is 2.14 bits per heavy atom. The van der Waals surface area contributed by atoms with Crippen molar-refractivity contribution in [2.24, 2.45) is 0 Å². The van der Waals surface area contributed by atoms with Crippen molar-refractivity contribution in [3.63, 3.8) is 0 Å². The Balaban J connectivity index is 1.64. The third-order valence-electron chi connectivity index (χ3n) is 5.77. The number of ether oxygens (including phenoxy) is 2. The lowest BCUT2D eigenvalue weighted by Gasteiger charge is -2.16. The van der Waals surface area contributed by atoms with Gasteiger partial charge in [-0.05, 0) is 50.7 Å². The monoisotopic (exact) mass is 499 g/mol. The summed E-state index contributed by atoms with van der Waals surface area (Å²) in [5.41, 5.74) is 1.63. The molecule has 0 spiro atoms. The third kappa shape index (κ3) is 6.25. The van der Waals surface area contributed by atoms with E-state index in [4.69, 9.17) is 21.1 Å². The van der Waals surface area contributed by atoms with Crippen LogP contribution in [0.3, 0.4) is 0 Å². The Kier molecular flexibility index (Phi) is 8.12. The molecular weight excluding hydrogens is 473 g/mol. The largest absolute Gasteiger partial charge is 0.489 e. The van der Waals surface area contributed by atoms with E-state index in [0.29, 0.717) is 47.1 Å². The van der Waals surface area contributed by atoms with Crippen molar-refractivity contribution in [1.29, 1.82) is 0 Å². The molecule has 8 nitrogen and oxygen atoms in total. The number of methoxy groups -OCH3 is 1. The number of aromatic nitrogens is 2. The number of halogens is 2. The lowest BCUT2D eigenvalue weighted by atomic mass is 10.1. The van der Waals surface area contributed by atoms with Gasteiger partial charge in [0.2, 0.25) is 5.91 Å². The van der Waals surface area contributed by atoms with Gasteiger partial charge in [0.15, 0.2) is 0 Å². The molecule has 35 heavy (non-hydrogen) atoms. The second-order valence-electron chi connectivity index (χ2n) is 8.22. The van der Waals surface area contributed by atoms with Gasteiger partial charge in [0.1, 0.15) is 30.3 Å². The standard InChI is InChI=1S/C25H27ClFN5O3/c1-32-9-3-4-17(32)6-8-24(33)31-22-13-18-21(14-23(22)35-11-10-34-2)28-15-29-25(18)30-16-5-7-20(27)19(26)12-16/h5-8,12-15,17H,3-4,9-11H2,1-2H3,(H,31,33)(H,28,29,30)/t17-/m1/s1. The normalized spacial score (nSPS) is 16.2. The summed E-state index contributed by atoms with van der Waals surface area (Å²) in [5, 5.41) is 6.69. The summed E-state index contributed by atoms with van der Waals surface area (Å²) in [6.45, 7) is 1.72. The molecule has 0 radical (unpaired) electrons. The first-order chi connectivity index (χ1) is 16.9. The molecule has 0 saturated carbocycles. The molecule has 0 unspecified atom stereocenters. The van der Waals surface area contributed by atoms with E-state index in [0.717, 1.165) is 19.4 Å². The van der Waals surface area contributed by atoms with E-state index < -0.39 is 5.82 Å². The first-order valence-corrected chi connectivity index (χ1v) is 11.6. The fraction of sp³-hybridized carbons (Fsp3) is 0.320. The molecule has 1 atom stereocenters. The summed E-state index contributed by atoms with van der Waals surface area (Å²) in [6, 6.07) is 8.04. The van der Waals surface area contributed by atoms with Gasteiger partial charge in [-0.15, -0.1) is 0 Å². The number of fused-ring (bicyclic) bond motifs is 1. The highest BCUT2D eigenvalue weighted by molar-refractivity contribution is 6.31. The Bertz CT molecular complexity index is 1240. The molecule has 1 amide bonds. The summed E-state index contributed by atoms with van der Waals surface area (Å²) in [7, 11) is 3.64. The summed E-state index contributed by atoms with van der Waals surface area (Å²) >= 11 is 5.92. The van der Waals surface area contributed by atoms with Crippen molar-refractivity contribution in [3.8, 4) is 5.75 Å². The molecule has 0 bridgehead atoms. The van der Waals surface area contributed by atoms with Crippen molar-refractivity contribution in [3.05, 3.63) is 59.7 Å². The van der Waals surface area contributed by atoms with E-state index in [2.05, 4.69) is 25.5 Å². The Hall–Kier alpha value is -3.27. The zero-order valence-corrected chi connectivity index (χ0v) is 20.3. The number of hydrogen-bond acceptors (Lipinski definition) is 7. The number of nitrogens with zero attached hydrogens (tertiary/aromatic N) is 3. The van der Waals surface area contributed by atoms with Crippen LogP contribution in [0, 0.1) is 5.82 Å². The van der Waals surface area contributed by atoms with Gasteiger partial charge in [0.05, 0.1) is 22.8 Å². The fourth-order valence-corrected chi connectivity index (χ4v) is 4.08. The molecule has 4 rings (SSSR count). The molecule has 0 aliphatic carbocycles. The molecular formula is C25H27ClFN5O3. The second-order valence-corrected chi connectivity index (χ2v) is 8.63. The van der Waals surface area contributed by atoms with Crippen LogP contribution in [-0.4, -0.2) is 60.7 Å². The highest BCUT2D eigenvalue weighted by atomic mass is 35.5. The van der Waals surface area contributed by atoms with Crippen LogP contribution in [0.1, 0.15) is 12.8 Å². The highest BCUT2D eigenvalue weighted by Gasteiger charge is 2.18. The molecule has 1 aliphatic heterocycles. The summed E-state index contributed by atoms with van der Waals surface area (Å²) in [6.07, 6.45) is 7.03. The van der Waals surface area contributed by atoms with E-state index in [1.807, 2.05) is 13.1 Å². The lowest BCUT2D eigenvalue weighted by molar-refractivity contribution is -0.112. The van der Waals surface area contributed by atoms with Crippen LogP contribution in [0.15, 0.2) is 48.8 Å². The number of nitrogens with one attached hydrogen (secondary N) is 2. The summed E-state index contributed by atoms with van der Waals surface area (Å²) < 4.78 is 24.5. The van der Waals surface area contributed by atoms with Gasteiger partial charge in [0, 0.05) is 36.4 Å². The van der Waals surface area contributed by atoms with Gasteiger partial charge in [-0.3, -0.25) is 9.69 Å². The Morgan fingerprint density at radius 1 is 1.29 bits per heavy atom. The predicted molar refractivity (Wildman–Crippen MR) is 135 cm³/mol. The topological polar surface area (TPSA) is 88.6 Å². The molecule has 10 heteroatoms. The molecule has 1 saturated heterocycles. The average Bonchev–Trinajstić information content (AvgIpc) is 3.25. The first-order valence-electron chi connectivity index (χ1n) is 11.3. The van der Waals surface area contributed by atoms with Crippen LogP contribution in [0.2, 0.25) is 5.02 Å². The quantitative estimate of drug-likeness (QED) is 0.323. The van der Waals surface area contributed by atoms with Crippen LogP contribution < -0.4 is 15.4 Å². The van der Waals surface area contributed by atoms with Gasteiger partial charge in [0.25, 0.3) is 0 Å². The minimum atomic E-state index is -0.510. The number of amides is 1. The highest BCUT2D eigenvalue weighted by Crippen LogP contribution is 2.34. The van der Waals surface area contributed by atoms with Crippen LogP contribution in [-0.2, 0) is 9.53 Å². The second kappa shape index (κ2) is 11.4. The molecule has 2 N–H and O–H groups in total. The van der Waals surface area contributed by atoms with Gasteiger partial charge in [-0.1, -0.05) is 17.7 Å². The van der Waals surface area contributed by atoms with E-state index in [-0.39, 0.29) is 17.0 Å². The van der Waals surface area contributed by atoms with Crippen molar-refractivity contribution in [1.82, 2.24) is 14.9 Å². The lowest BCUT2D eigenvalue weighted by Crippen LogP contribution is -2.23. The fourth-order valence-electron chi connectivity index (χ4n) is 3.90. The minimum Gasteiger partial charge on any atom is -0.489 e. The zero-order valence-electron chi connectivity index (χ0n) is 19.6. The number of rotatable bonds is 9. The van der Waals surface area contributed by atoms with Crippen molar-refractivity contribution >= 4 is 45.6 Å². The Morgan fingerprint density at radius 3 is 2.89 bits per heavy atom. The van der Waals surface area contributed by atoms with Crippen molar-refractivity contribution in [2.45, 2.75) is 18.9 Å². The third-order valence-corrected chi connectivity index (χ3v) is 6.06. The van der Waals surface area contributed by atoms with Crippen LogP contribution in [0.25, 0.3) is 10.9 Å². The van der Waals surface area contributed by atoms with Crippen molar-refractivity contribution in [2.75, 3.05) is 44.5 Å². The average molecular weight is 500 g/mol. The number of carbonyl (C=O) groups is 1. The molecule has 1 aromatic heterocycles. The molecule has 184 valence electrons. The number of likely N-dealkylation sites (tertiary alicyclic amines) is 1. The van der Waals surface area contributed by atoms with Gasteiger partial charge < -0.3 is 20.1 Å². The molecule has 1 aliphatic rings. The van der Waals surface area contributed by atoms with Gasteiger partial charge >= 0.3 is 0 Å².